The minimum Gasteiger partial charge on any atom is -0.380 e. The standard InChI is InChI=1S/C11H22N2O/c1-14-11-6-10(13-8-11)7-12-5-4-9-2-3-9/h9-13H,2-8H2,1H3. The van der Waals surface area contributed by atoms with E-state index in [1.807, 2.05) is 0 Å². The van der Waals surface area contributed by atoms with Gasteiger partial charge in [0.15, 0.2) is 0 Å². The van der Waals surface area contributed by atoms with E-state index in [1.165, 1.54) is 25.8 Å². The van der Waals surface area contributed by atoms with Gasteiger partial charge in [-0.1, -0.05) is 12.8 Å². The molecule has 0 spiro atoms. The van der Waals surface area contributed by atoms with Crippen LogP contribution in [0.5, 0.6) is 0 Å². The van der Waals surface area contributed by atoms with Gasteiger partial charge >= 0.3 is 0 Å². The van der Waals surface area contributed by atoms with Gasteiger partial charge in [-0.15, -0.1) is 0 Å². The lowest BCUT2D eigenvalue weighted by Gasteiger charge is -2.11. The molecular weight excluding hydrogens is 176 g/mol. The van der Waals surface area contributed by atoms with Crippen molar-refractivity contribution in [1.82, 2.24) is 10.6 Å². The van der Waals surface area contributed by atoms with Gasteiger partial charge < -0.3 is 15.4 Å². The summed E-state index contributed by atoms with van der Waals surface area (Å²) in [5.74, 6) is 1.05. The van der Waals surface area contributed by atoms with E-state index in [2.05, 4.69) is 10.6 Å². The number of hydrogen-bond donors (Lipinski definition) is 2. The first-order chi connectivity index (χ1) is 6.88. The van der Waals surface area contributed by atoms with Crippen LogP contribution in [-0.2, 0) is 4.74 Å². The first-order valence-electron chi connectivity index (χ1n) is 5.85. The highest BCUT2D eigenvalue weighted by Crippen LogP contribution is 2.31. The van der Waals surface area contributed by atoms with Gasteiger partial charge in [0.05, 0.1) is 6.10 Å². The smallest absolute Gasteiger partial charge is 0.0711 e. The number of ether oxygens (including phenoxy) is 1. The van der Waals surface area contributed by atoms with Crippen molar-refractivity contribution in [3.05, 3.63) is 0 Å². The molecule has 1 saturated carbocycles. The number of hydrogen-bond acceptors (Lipinski definition) is 3. The lowest BCUT2D eigenvalue weighted by molar-refractivity contribution is 0.117. The number of nitrogens with one attached hydrogen (secondary N) is 2. The third-order valence-corrected chi connectivity index (χ3v) is 3.33. The van der Waals surface area contributed by atoms with Gasteiger partial charge in [0, 0.05) is 26.2 Å². The molecule has 0 amide bonds. The predicted octanol–water partition coefficient (Wildman–Crippen LogP) is 0.753. The maximum absolute atomic E-state index is 5.31. The predicted molar refractivity (Wildman–Crippen MR) is 57.4 cm³/mol. The Kier molecular flexibility index (Phi) is 3.79. The quantitative estimate of drug-likeness (QED) is 0.618. The van der Waals surface area contributed by atoms with E-state index >= 15 is 0 Å². The summed E-state index contributed by atoms with van der Waals surface area (Å²) in [6.07, 6.45) is 5.91. The van der Waals surface area contributed by atoms with Gasteiger partial charge in [-0.05, 0) is 25.3 Å². The molecule has 2 atom stereocenters. The van der Waals surface area contributed by atoms with Gasteiger partial charge in [0.1, 0.15) is 0 Å². The fourth-order valence-corrected chi connectivity index (χ4v) is 2.11. The van der Waals surface area contributed by atoms with Crippen molar-refractivity contribution in [2.45, 2.75) is 37.8 Å². The van der Waals surface area contributed by atoms with Crippen LogP contribution in [0.2, 0.25) is 0 Å². The van der Waals surface area contributed by atoms with Crippen LogP contribution in [0, 0.1) is 5.92 Å². The number of methoxy groups -OCH3 is 1. The van der Waals surface area contributed by atoms with Gasteiger partial charge in [-0.3, -0.25) is 0 Å². The van der Waals surface area contributed by atoms with Crippen molar-refractivity contribution in [1.29, 1.82) is 0 Å². The van der Waals surface area contributed by atoms with Gasteiger partial charge in [0.25, 0.3) is 0 Å². The molecule has 0 radical (unpaired) electrons. The third-order valence-electron chi connectivity index (χ3n) is 3.33. The lowest BCUT2D eigenvalue weighted by Crippen LogP contribution is -2.34. The van der Waals surface area contributed by atoms with Crippen molar-refractivity contribution >= 4 is 0 Å². The van der Waals surface area contributed by atoms with Crippen LogP contribution in [0.3, 0.4) is 0 Å². The summed E-state index contributed by atoms with van der Waals surface area (Å²) in [5, 5.41) is 7.00. The summed E-state index contributed by atoms with van der Waals surface area (Å²) in [5.41, 5.74) is 0. The van der Waals surface area contributed by atoms with E-state index in [4.69, 9.17) is 4.74 Å². The zero-order valence-electron chi connectivity index (χ0n) is 9.09. The van der Waals surface area contributed by atoms with Crippen molar-refractivity contribution in [3.8, 4) is 0 Å². The lowest BCUT2D eigenvalue weighted by atomic mass is 10.2. The van der Waals surface area contributed by atoms with Crippen LogP contribution in [-0.4, -0.2) is 38.9 Å². The minimum absolute atomic E-state index is 0.435. The summed E-state index contributed by atoms with van der Waals surface area (Å²) >= 11 is 0. The van der Waals surface area contributed by atoms with E-state index in [0.29, 0.717) is 12.1 Å². The van der Waals surface area contributed by atoms with E-state index in [0.717, 1.165) is 25.4 Å². The zero-order chi connectivity index (χ0) is 9.80. The van der Waals surface area contributed by atoms with Crippen LogP contribution in [0.15, 0.2) is 0 Å². The molecule has 2 aliphatic rings. The Morgan fingerprint density at radius 2 is 2.29 bits per heavy atom. The molecular formula is C11H22N2O. The Bertz CT molecular complexity index is 171. The van der Waals surface area contributed by atoms with Gasteiger partial charge in [-0.25, -0.2) is 0 Å². The second kappa shape index (κ2) is 5.10. The molecule has 1 heterocycles. The highest BCUT2D eigenvalue weighted by molar-refractivity contribution is 4.83. The van der Waals surface area contributed by atoms with Crippen molar-refractivity contribution in [2.75, 3.05) is 26.7 Å². The molecule has 1 saturated heterocycles. The Balaban J connectivity index is 1.48. The SMILES string of the molecule is COC1CNC(CNCCC2CC2)C1. The second-order valence-electron chi connectivity index (χ2n) is 4.63. The monoisotopic (exact) mass is 198 g/mol. The van der Waals surface area contributed by atoms with E-state index in [9.17, 15) is 0 Å². The van der Waals surface area contributed by atoms with Crippen LogP contribution in [0.4, 0.5) is 0 Å². The molecule has 2 rings (SSSR count). The highest BCUT2D eigenvalue weighted by atomic mass is 16.5. The Morgan fingerprint density at radius 1 is 1.43 bits per heavy atom. The molecule has 3 heteroatoms. The van der Waals surface area contributed by atoms with Crippen molar-refractivity contribution in [2.24, 2.45) is 5.92 Å². The van der Waals surface area contributed by atoms with Gasteiger partial charge in [0.2, 0.25) is 0 Å². The summed E-state index contributed by atoms with van der Waals surface area (Å²) in [4.78, 5) is 0. The molecule has 0 aromatic heterocycles. The second-order valence-corrected chi connectivity index (χ2v) is 4.63. The topological polar surface area (TPSA) is 33.3 Å². The van der Waals surface area contributed by atoms with E-state index in [-0.39, 0.29) is 0 Å². The molecule has 1 aliphatic heterocycles. The fraction of sp³-hybridized carbons (Fsp3) is 1.00. The van der Waals surface area contributed by atoms with E-state index < -0.39 is 0 Å². The Morgan fingerprint density at radius 3 is 2.93 bits per heavy atom. The molecule has 0 bridgehead atoms. The summed E-state index contributed by atoms with van der Waals surface area (Å²) < 4.78 is 5.31. The first kappa shape index (κ1) is 10.4. The van der Waals surface area contributed by atoms with Crippen molar-refractivity contribution < 1.29 is 4.74 Å². The largest absolute Gasteiger partial charge is 0.380 e. The molecule has 1 aliphatic carbocycles. The Labute approximate surface area is 86.6 Å². The van der Waals surface area contributed by atoms with Crippen LogP contribution < -0.4 is 10.6 Å². The van der Waals surface area contributed by atoms with Crippen LogP contribution in [0.25, 0.3) is 0 Å². The first-order valence-corrected chi connectivity index (χ1v) is 5.85. The molecule has 14 heavy (non-hydrogen) atoms. The maximum Gasteiger partial charge on any atom is 0.0711 e. The third kappa shape index (κ3) is 3.23. The maximum atomic E-state index is 5.31. The summed E-state index contributed by atoms with van der Waals surface area (Å²) in [6, 6.07) is 0.624. The summed E-state index contributed by atoms with van der Waals surface area (Å²) in [6.45, 7) is 3.32. The van der Waals surface area contributed by atoms with E-state index in [1.54, 1.807) is 7.11 Å². The minimum atomic E-state index is 0.435. The van der Waals surface area contributed by atoms with Crippen LogP contribution in [0.1, 0.15) is 25.7 Å². The van der Waals surface area contributed by atoms with Gasteiger partial charge in [-0.2, -0.15) is 0 Å². The normalized spacial score (nSPS) is 32.4. The molecule has 0 aromatic rings. The Hall–Kier alpha value is -0.120. The average Bonchev–Trinajstić information content (AvgIpc) is 2.91. The molecule has 2 fully saturated rings. The van der Waals surface area contributed by atoms with Crippen LogP contribution >= 0.6 is 0 Å². The number of rotatable bonds is 6. The molecule has 2 N–H and O–H groups in total. The van der Waals surface area contributed by atoms with Crippen molar-refractivity contribution in [3.63, 3.8) is 0 Å². The fourth-order valence-electron chi connectivity index (χ4n) is 2.11. The molecule has 0 aromatic carbocycles. The highest BCUT2D eigenvalue weighted by Gasteiger charge is 2.23. The molecule has 2 unspecified atom stereocenters. The average molecular weight is 198 g/mol. The molecule has 3 nitrogen and oxygen atoms in total. The zero-order valence-corrected chi connectivity index (χ0v) is 9.09. The summed E-state index contributed by atoms with van der Waals surface area (Å²) in [7, 11) is 1.80. The molecule has 82 valence electrons.